The van der Waals surface area contributed by atoms with Crippen LogP contribution in [0.25, 0.3) is 0 Å². The lowest BCUT2D eigenvalue weighted by Gasteiger charge is -2.14. The van der Waals surface area contributed by atoms with Gasteiger partial charge in [-0.15, -0.1) is 0 Å². The molecule has 1 aliphatic heterocycles. The molecule has 3 amide bonds. The molecule has 0 saturated carbocycles. The van der Waals surface area contributed by atoms with E-state index in [-0.39, 0.29) is 37.1 Å². The van der Waals surface area contributed by atoms with E-state index in [4.69, 9.17) is 0 Å². The molecule has 1 fully saturated rings. The monoisotopic (exact) mass is 340 g/mol. The van der Waals surface area contributed by atoms with Gasteiger partial charge in [-0.2, -0.15) is 5.10 Å². The summed E-state index contributed by atoms with van der Waals surface area (Å²) in [6, 6.07) is 8.84. The van der Waals surface area contributed by atoms with Crippen molar-refractivity contribution < 1.29 is 14.4 Å². The summed E-state index contributed by atoms with van der Waals surface area (Å²) in [7, 11) is 0. The molecular weight excluding hydrogens is 320 g/mol. The first-order valence-electron chi connectivity index (χ1n) is 8.31. The average molecular weight is 340 g/mol. The number of imide groups is 1. The maximum atomic E-state index is 12.1. The van der Waals surface area contributed by atoms with Gasteiger partial charge in [0.15, 0.2) is 0 Å². The number of rotatable bonds is 7. The predicted octanol–water partition coefficient (Wildman–Crippen LogP) is 1.35. The number of aromatic nitrogens is 2. The molecule has 1 aromatic carbocycles. The third-order valence-electron chi connectivity index (χ3n) is 4.12. The zero-order valence-electron chi connectivity index (χ0n) is 13.9. The fraction of sp³-hybridized carbons (Fsp3) is 0.333. The Labute approximate surface area is 145 Å². The van der Waals surface area contributed by atoms with Crippen molar-refractivity contribution in [1.29, 1.82) is 0 Å². The van der Waals surface area contributed by atoms with Crippen LogP contribution < -0.4 is 5.32 Å². The highest BCUT2D eigenvalue weighted by molar-refractivity contribution is 6.01. The van der Waals surface area contributed by atoms with E-state index in [1.807, 2.05) is 16.9 Å². The molecule has 1 N–H and O–H groups in total. The number of benzene rings is 1. The lowest BCUT2D eigenvalue weighted by atomic mass is 10.1. The predicted molar refractivity (Wildman–Crippen MR) is 90.4 cm³/mol. The third kappa shape index (κ3) is 4.32. The average Bonchev–Trinajstić information content (AvgIpc) is 3.24. The molecule has 2 aromatic rings. The first kappa shape index (κ1) is 16.9. The first-order chi connectivity index (χ1) is 12.1. The molecule has 7 nitrogen and oxygen atoms in total. The molecule has 0 radical (unpaired) electrons. The number of nitrogens with one attached hydrogen (secondary N) is 1. The van der Waals surface area contributed by atoms with Gasteiger partial charge in [-0.05, 0) is 30.2 Å². The van der Waals surface area contributed by atoms with Gasteiger partial charge in [0.05, 0.1) is 6.54 Å². The van der Waals surface area contributed by atoms with Gasteiger partial charge in [-0.3, -0.25) is 24.0 Å². The zero-order valence-corrected chi connectivity index (χ0v) is 13.9. The summed E-state index contributed by atoms with van der Waals surface area (Å²) < 4.78 is 1.82. The number of hydrogen-bond donors (Lipinski definition) is 1. The van der Waals surface area contributed by atoms with E-state index in [9.17, 15) is 14.4 Å². The fourth-order valence-corrected chi connectivity index (χ4v) is 2.72. The van der Waals surface area contributed by atoms with Gasteiger partial charge in [-0.25, -0.2) is 0 Å². The largest absolute Gasteiger partial charge is 0.352 e. The van der Waals surface area contributed by atoms with Gasteiger partial charge in [0.25, 0.3) is 5.91 Å². The smallest absolute Gasteiger partial charge is 0.251 e. The minimum atomic E-state index is -0.139. The van der Waals surface area contributed by atoms with E-state index in [1.54, 1.807) is 30.5 Å². The van der Waals surface area contributed by atoms with Crippen LogP contribution >= 0.6 is 0 Å². The topological polar surface area (TPSA) is 84.3 Å². The standard InChI is InChI=1S/C18H20N4O3/c23-16-7-8-17(24)22(16)13-14-3-5-15(6-4-14)18(25)19-9-1-11-21-12-2-10-20-21/h2-6,10,12H,1,7-9,11,13H2,(H,19,25). The molecule has 7 heteroatoms. The molecule has 0 aliphatic carbocycles. The van der Waals surface area contributed by atoms with Crippen LogP contribution in [0.2, 0.25) is 0 Å². The van der Waals surface area contributed by atoms with E-state index >= 15 is 0 Å². The lowest BCUT2D eigenvalue weighted by Crippen LogP contribution is -2.28. The van der Waals surface area contributed by atoms with Crippen molar-refractivity contribution in [3.8, 4) is 0 Å². The molecular formula is C18H20N4O3. The van der Waals surface area contributed by atoms with Gasteiger partial charge < -0.3 is 5.32 Å². The second-order valence-electron chi connectivity index (χ2n) is 5.95. The van der Waals surface area contributed by atoms with E-state index in [1.165, 1.54) is 4.90 Å². The summed E-state index contributed by atoms with van der Waals surface area (Å²) >= 11 is 0. The Balaban J connectivity index is 1.47. The molecule has 1 aliphatic rings. The molecule has 2 heterocycles. The highest BCUT2D eigenvalue weighted by Crippen LogP contribution is 2.16. The SMILES string of the molecule is O=C(NCCCn1cccn1)c1ccc(CN2C(=O)CCC2=O)cc1. The lowest BCUT2D eigenvalue weighted by molar-refractivity contribution is -0.139. The van der Waals surface area contributed by atoms with Crippen molar-refractivity contribution in [3.05, 3.63) is 53.9 Å². The van der Waals surface area contributed by atoms with Crippen LogP contribution in [-0.4, -0.2) is 38.9 Å². The van der Waals surface area contributed by atoms with E-state index < -0.39 is 0 Å². The Bertz CT molecular complexity index is 737. The van der Waals surface area contributed by atoms with Crippen LogP contribution in [0, 0.1) is 0 Å². The minimum Gasteiger partial charge on any atom is -0.352 e. The third-order valence-corrected chi connectivity index (χ3v) is 4.12. The fourth-order valence-electron chi connectivity index (χ4n) is 2.72. The van der Waals surface area contributed by atoms with Gasteiger partial charge in [0.1, 0.15) is 0 Å². The first-order valence-corrected chi connectivity index (χ1v) is 8.31. The molecule has 130 valence electrons. The Hall–Kier alpha value is -2.96. The van der Waals surface area contributed by atoms with Crippen molar-refractivity contribution in [1.82, 2.24) is 20.0 Å². The number of aryl methyl sites for hydroxylation is 1. The van der Waals surface area contributed by atoms with Crippen LogP contribution in [0.4, 0.5) is 0 Å². The Morgan fingerprint density at radius 3 is 2.48 bits per heavy atom. The van der Waals surface area contributed by atoms with Gasteiger partial charge in [0.2, 0.25) is 11.8 Å². The van der Waals surface area contributed by atoms with Crippen LogP contribution in [0.15, 0.2) is 42.7 Å². The molecule has 0 spiro atoms. The van der Waals surface area contributed by atoms with E-state index in [0.29, 0.717) is 12.1 Å². The number of carbonyl (C=O) groups excluding carboxylic acids is 3. The normalized spacial score (nSPS) is 14.2. The van der Waals surface area contributed by atoms with Crippen LogP contribution in [0.5, 0.6) is 0 Å². The van der Waals surface area contributed by atoms with Gasteiger partial charge >= 0.3 is 0 Å². The summed E-state index contributed by atoms with van der Waals surface area (Å²) in [5.41, 5.74) is 1.39. The Morgan fingerprint density at radius 1 is 1.12 bits per heavy atom. The Kier molecular flexibility index (Phi) is 5.23. The summed E-state index contributed by atoms with van der Waals surface area (Å²) in [6.07, 6.45) is 4.99. The van der Waals surface area contributed by atoms with Crippen LogP contribution in [0.3, 0.4) is 0 Å². The molecule has 0 atom stereocenters. The molecule has 1 aromatic heterocycles. The number of carbonyl (C=O) groups is 3. The minimum absolute atomic E-state index is 0.135. The second-order valence-corrected chi connectivity index (χ2v) is 5.95. The van der Waals surface area contributed by atoms with Crippen LogP contribution in [-0.2, 0) is 22.7 Å². The van der Waals surface area contributed by atoms with Crippen molar-refractivity contribution in [3.63, 3.8) is 0 Å². The summed E-state index contributed by atoms with van der Waals surface area (Å²) in [4.78, 5) is 36.6. The molecule has 1 saturated heterocycles. The zero-order chi connectivity index (χ0) is 17.6. The summed E-state index contributed by atoms with van der Waals surface area (Å²) in [5.74, 6) is -0.409. The van der Waals surface area contributed by atoms with Crippen molar-refractivity contribution in [2.24, 2.45) is 0 Å². The van der Waals surface area contributed by atoms with Crippen molar-refractivity contribution in [2.45, 2.75) is 32.4 Å². The molecule has 3 rings (SSSR count). The number of nitrogens with zero attached hydrogens (tertiary/aromatic N) is 3. The van der Waals surface area contributed by atoms with Crippen molar-refractivity contribution >= 4 is 17.7 Å². The highest BCUT2D eigenvalue weighted by Gasteiger charge is 2.28. The van der Waals surface area contributed by atoms with Gasteiger partial charge in [-0.1, -0.05) is 12.1 Å². The molecule has 0 unspecified atom stereocenters. The van der Waals surface area contributed by atoms with Gasteiger partial charge in [0, 0.05) is 43.9 Å². The number of likely N-dealkylation sites (tertiary alicyclic amines) is 1. The van der Waals surface area contributed by atoms with Crippen LogP contribution in [0.1, 0.15) is 35.2 Å². The summed E-state index contributed by atoms with van der Waals surface area (Å²) in [6.45, 7) is 1.59. The number of hydrogen-bond acceptors (Lipinski definition) is 4. The van der Waals surface area contributed by atoms with E-state index in [0.717, 1.165) is 18.5 Å². The summed E-state index contributed by atoms with van der Waals surface area (Å²) in [5, 5.41) is 6.97. The highest BCUT2D eigenvalue weighted by atomic mass is 16.2. The second kappa shape index (κ2) is 7.74. The van der Waals surface area contributed by atoms with Crippen molar-refractivity contribution in [2.75, 3.05) is 6.54 Å². The molecule has 25 heavy (non-hydrogen) atoms. The Morgan fingerprint density at radius 2 is 1.84 bits per heavy atom. The number of amides is 3. The maximum absolute atomic E-state index is 12.1. The van der Waals surface area contributed by atoms with E-state index in [2.05, 4.69) is 10.4 Å². The maximum Gasteiger partial charge on any atom is 0.251 e. The molecule has 0 bridgehead atoms. The quantitative estimate of drug-likeness (QED) is 0.609.